The fourth-order valence-electron chi connectivity index (χ4n) is 1.71. The third-order valence-electron chi connectivity index (χ3n) is 3.14. The molecule has 0 spiro atoms. The van der Waals surface area contributed by atoms with Gasteiger partial charge in [-0.15, -0.1) is 0 Å². The van der Waals surface area contributed by atoms with E-state index in [2.05, 4.69) is 32.4 Å². The van der Waals surface area contributed by atoms with Gasteiger partial charge >= 0.3 is 0 Å². The number of halogens is 1. The number of aromatic nitrogens is 2. The average Bonchev–Trinajstić information content (AvgIpc) is 2.57. The summed E-state index contributed by atoms with van der Waals surface area (Å²) in [5.74, 6) is 0. The Morgan fingerprint density at radius 2 is 2.18 bits per heavy atom. The number of nitrogens with zero attached hydrogens (tertiary/aromatic N) is 3. The highest BCUT2D eigenvalue weighted by molar-refractivity contribution is 9.10. The van der Waals surface area contributed by atoms with Crippen molar-refractivity contribution >= 4 is 15.9 Å². The molecule has 0 bridgehead atoms. The number of rotatable bonds is 5. The Kier molecular flexibility index (Phi) is 4.72. The molecular weight excluding hydrogens is 280 g/mol. The Labute approximate surface area is 111 Å². The largest absolute Gasteiger partial charge is 0.303 e. The maximum Gasteiger partial charge on any atom is 0.103 e. The van der Waals surface area contributed by atoms with Crippen LogP contribution in [0.4, 0.5) is 0 Å². The van der Waals surface area contributed by atoms with Gasteiger partial charge in [-0.2, -0.15) is 10.4 Å². The summed E-state index contributed by atoms with van der Waals surface area (Å²) in [6.07, 6.45) is 1.75. The molecule has 0 aliphatic heterocycles. The Morgan fingerprint density at radius 1 is 1.53 bits per heavy atom. The van der Waals surface area contributed by atoms with Crippen molar-refractivity contribution in [3.63, 3.8) is 0 Å². The minimum atomic E-state index is -0.437. The van der Waals surface area contributed by atoms with Gasteiger partial charge in [0.1, 0.15) is 5.54 Å². The van der Waals surface area contributed by atoms with Gasteiger partial charge in [0.2, 0.25) is 0 Å². The predicted molar refractivity (Wildman–Crippen MR) is 71.7 cm³/mol. The van der Waals surface area contributed by atoms with Crippen molar-refractivity contribution in [2.75, 3.05) is 7.05 Å². The smallest absolute Gasteiger partial charge is 0.103 e. The number of nitriles is 1. The first kappa shape index (κ1) is 14.2. The topological polar surface area (TPSA) is 53.6 Å². The van der Waals surface area contributed by atoms with Crippen LogP contribution in [0.3, 0.4) is 0 Å². The van der Waals surface area contributed by atoms with Gasteiger partial charge in [0.25, 0.3) is 0 Å². The van der Waals surface area contributed by atoms with E-state index in [-0.39, 0.29) is 0 Å². The summed E-state index contributed by atoms with van der Waals surface area (Å²) in [7, 11) is 1.82. The zero-order chi connectivity index (χ0) is 13.1. The van der Waals surface area contributed by atoms with E-state index in [1.54, 1.807) is 0 Å². The molecule has 1 aromatic heterocycles. The lowest BCUT2D eigenvalue weighted by atomic mass is 9.98. The van der Waals surface area contributed by atoms with E-state index in [0.717, 1.165) is 35.2 Å². The van der Waals surface area contributed by atoms with Gasteiger partial charge in [-0.25, -0.2) is 0 Å². The highest BCUT2D eigenvalue weighted by atomic mass is 79.9. The zero-order valence-corrected chi connectivity index (χ0v) is 12.4. The fraction of sp³-hybridized carbons (Fsp3) is 0.667. The molecule has 17 heavy (non-hydrogen) atoms. The lowest BCUT2D eigenvalue weighted by Crippen LogP contribution is -2.38. The quantitative estimate of drug-likeness (QED) is 0.909. The molecule has 0 saturated heterocycles. The van der Waals surface area contributed by atoms with Crippen molar-refractivity contribution in [1.29, 1.82) is 5.26 Å². The first-order valence-electron chi connectivity index (χ1n) is 5.73. The number of aryl methyl sites for hydroxylation is 2. The second kappa shape index (κ2) is 5.65. The summed E-state index contributed by atoms with van der Waals surface area (Å²) in [6, 6.07) is 2.30. The third kappa shape index (κ3) is 3.30. The molecule has 4 nitrogen and oxygen atoms in total. The molecule has 94 valence electrons. The summed E-state index contributed by atoms with van der Waals surface area (Å²) < 4.78 is 3.07. The van der Waals surface area contributed by atoms with Crippen molar-refractivity contribution in [2.24, 2.45) is 0 Å². The van der Waals surface area contributed by atoms with Crippen LogP contribution in [-0.4, -0.2) is 22.4 Å². The predicted octanol–water partition coefficient (Wildman–Crippen LogP) is 2.54. The summed E-state index contributed by atoms with van der Waals surface area (Å²) in [5, 5.41) is 16.5. The average molecular weight is 299 g/mol. The van der Waals surface area contributed by atoms with Crippen LogP contribution in [0.5, 0.6) is 0 Å². The van der Waals surface area contributed by atoms with E-state index < -0.39 is 5.54 Å². The molecule has 0 aliphatic rings. The minimum Gasteiger partial charge on any atom is -0.303 e. The maximum atomic E-state index is 9.04. The Bertz CT molecular complexity index is 432. The normalized spacial score (nSPS) is 14.4. The lowest BCUT2D eigenvalue weighted by molar-refractivity contribution is 0.413. The van der Waals surface area contributed by atoms with E-state index in [4.69, 9.17) is 5.26 Å². The van der Waals surface area contributed by atoms with Crippen molar-refractivity contribution in [2.45, 2.75) is 45.7 Å². The van der Waals surface area contributed by atoms with Crippen LogP contribution in [0.2, 0.25) is 0 Å². The second-order valence-corrected chi connectivity index (χ2v) is 5.30. The van der Waals surface area contributed by atoms with E-state index >= 15 is 0 Å². The zero-order valence-electron chi connectivity index (χ0n) is 10.8. The second-order valence-electron chi connectivity index (χ2n) is 4.51. The van der Waals surface area contributed by atoms with Crippen LogP contribution in [0.25, 0.3) is 0 Å². The van der Waals surface area contributed by atoms with Crippen molar-refractivity contribution in [3.8, 4) is 6.07 Å². The first-order valence-corrected chi connectivity index (χ1v) is 6.52. The molecule has 1 N–H and O–H groups in total. The molecule has 1 rings (SSSR count). The Balaban J connectivity index is 2.58. The van der Waals surface area contributed by atoms with Crippen LogP contribution in [-0.2, 0) is 6.54 Å². The molecule has 0 amide bonds. The molecule has 5 heteroatoms. The van der Waals surface area contributed by atoms with Crippen LogP contribution in [0.15, 0.2) is 4.47 Å². The number of hydrogen-bond acceptors (Lipinski definition) is 3. The molecule has 0 aliphatic carbocycles. The van der Waals surface area contributed by atoms with Crippen molar-refractivity contribution in [3.05, 3.63) is 15.9 Å². The van der Waals surface area contributed by atoms with Gasteiger partial charge in [0.15, 0.2) is 0 Å². The lowest BCUT2D eigenvalue weighted by Gasteiger charge is -2.20. The molecule has 1 unspecified atom stereocenters. The van der Waals surface area contributed by atoms with E-state index in [0.29, 0.717) is 0 Å². The fourth-order valence-corrected chi connectivity index (χ4v) is 2.00. The van der Waals surface area contributed by atoms with Gasteiger partial charge in [-0.1, -0.05) is 0 Å². The highest BCUT2D eigenvalue weighted by Gasteiger charge is 2.20. The van der Waals surface area contributed by atoms with Crippen molar-refractivity contribution in [1.82, 2.24) is 15.1 Å². The van der Waals surface area contributed by atoms with Gasteiger partial charge in [-0.05, 0) is 56.6 Å². The summed E-state index contributed by atoms with van der Waals surface area (Å²) in [4.78, 5) is 0. The van der Waals surface area contributed by atoms with Crippen LogP contribution in [0.1, 0.15) is 31.2 Å². The van der Waals surface area contributed by atoms with E-state index in [9.17, 15) is 0 Å². The monoisotopic (exact) mass is 298 g/mol. The number of nitrogens with one attached hydrogen (secondary N) is 1. The van der Waals surface area contributed by atoms with Gasteiger partial charge in [0.05, 0.1) is 16.2 Å². The summed E-state index contributed by atoms with van der Waals surface area (Å²) in [6.45, 7) is 6.80. The number of hydrogen-bond donors (Lipinski definition) is 1. The molecule has 1 aromatic rings. The van der Waals surface area contributed by atoms with Gasteiger partial charge in [-0.3, -0.25) is 4.68 Å². The molecule has 0 fully saturated rings. The molecular formula is C12H19BrN4. The van der Waals surface area contributed by atoms with E-state index in [1.807, 2.05) is 32.5 Å². The van der Waals surface area contributed by atoms with E-state index in [1.165, 1.54) is 0 Å². The summed E-state index contributed by atoms with van der Waals surface area (Å²) >= 11 is 3.51. The molecule has 0 saturated carbocycles. The van der Waals surface area contributed by atoms with Gasteiger partial charge < -0.3 is 5.32 Å². The molecule has 1 heterocycles. The first-order chi connectivity index (χ1) is 7.93. The van der Waals surface area contributed by atoms with Crippen LogP contribution < -0.4 is 5.32 Å². The Hall–Kier alpha value is -0.860. The molecule has 1 atom stereocenters. The standard InChI is InChI=1S/C12H19BrN4/c1-9-11(13)10(2)17(16-9)7-5-6-12(3,8-14)15-4/h15H,5-7H2,1-4H3. The SMILES string of the molecule is CNC(C)(C#N)CCCn1nc(C)c(Br)c1C. The molecule has 0 aromatic carbocycles. The van der Waals surface area contributed by atoms with Gasteiger partial charge in [0, 0.05) is 12.2 Å². The Morgan fingerprint density at radius 3 is 2.59 bits per heavy atom. The minimum absolute atomic E-state index is 0.437. The van der Waals surface area contributed by atoms with Crippen LogP contribution in [0, 0.1) is 25.2 Å². The van der Waals surface area contributed by atoms with Crippen LogP contribution >= 0.6 is 15.9 Å². The maximum absolute atomic E-state index is 9.04. The third-order valence-corrected chi connectivity index (χ3v) is 4.29. The van der Waals surface area contributed by atoms with Crippen molar-refractivity contribution < 1.29 is 0 Å². The highest BCUT2D eigenvalue weighted by Crippen LogP contribution is 2.20. The summed E-state index contributed by atoms with van der Waals surface area (Å²) in [5.41, 5.74) is 1.72. The molecule has 0 radical (unpaired) electrons.